The fourth-order valence-corrected chi connectivity index (χ4v) is 2.42. The molecule has 0 saturated carbocycles. The van der Waals surface area contributed by atoms with Crippen LogP contribution >= 0.6 is 0 Å². The molecule has 0 unspecified atom stereocenters. The van der Waals surface area contributed by atoms with E-state index < -0.39 is 0 Å². The van der Waals surface area contributed by atoms with Crippen LogP contribution in [0, 0.1) is 6.92 Å². The van der Waals surface area contributed by atoms with E-state index in [1.54, 1.807) is 0 Å². The largest absolute Gasteiger partial charge is 0.396 e. The Bertz CT molecular complexity index is 377. The van der Waals surface area contributed by atoms with Gasteiger partial charge in [-0.1, -0.05) is 6.42 Å². The number of aliphatic hydroxyl groups excluding tert-OH is 1. The molecule has 1 aromatic heterocycles. The van der Waals surface area contributed by atoms with Crippen molar-refractivity contribution in [2.75, 3.05) is 18.5 Å². The Labute approximate surface area is 103 Å². The van der Waals surface area contributed by atoms with Gasteiger partial charge in [0, 0.05) is 18.8 Å². The number of pyridine rings is 1. The highest BCUT2D eigenvalue weighted by molar-refractivity contribution is 5.51. The van der Waals surface area contributed by atoms with E-state index in [4.69, 9.17) is 10.1 Å². The van der Waals surface area contributed by atoms with Crippen LogP contribution in [-0.2, 0) is 12.8 Å². The molecule has 0 atom stereocenters. The number of hydrogen-bond donors (Lipinski definition) is 2. The quantitative estimate of drug-likeness (QED) is 0.769. The number of aromatic nitrogens is 1. The summed E-state index contributed by atoms with van der Waals surface area (Å²) in [5.74, 6) is 1.11. The first kappa shape index (κ1) is 12.4. The van der Waals surface area contributed by atoms with Gasteiger partial charge in [0.25, 0.3) is 0 Å². The fraction of sp³-hybridized carbons (Fsp3) is 0.643. The predicted molar refractivity (Wildman–Crippen MR) is 70.4 cm³/mol. The highest BCUT2D eigenvalue weighted by Gasteiger charge is 2.13. The van der Waals surface area contributed by atoms with Gasteiger partial charge in [-0.15, -0.1) is 0 Å². The van der Waals surface area contributed by atoms with Crippen LogP contribution in [-0.4, -0.2) is 23.2 Å². The number of aliphatic hydroxyl groups is 1. The normalized spacial score (nSPS) is 14.2. The first-order valence-electron chi connectivity index (χ1n) is 6.65. The van der Waals surface area contributed by atoms with Gasteiger partial charge in [-0.3, -0.25) is 0 Å². The highest BCUT2D eigenvalue weighted by Crippen LogP contribution is 2.24. The monoisotopic (exact) mass is 234 g/mol. The van der Waals surface area contributed by atoms with Crippen molar-refractivity contribution in [1.29, 1.82) is 0 Å². The Morgan fingerprint density at radius 3 is 3.06 bits per heavy atom. The second-order valence-corrected chi connectivity index (χ2v) is 4.82. The summed E-state index contributed by atoms with van der Waals surface area (Å²) in [6.45, 7) is 3.54. The minimum atomic E-state index is 0.304. The molecule has 0 radical (unpaired) electrons. The van der Waals surface area contributed by atoms with E-state index in [0.29, 0.717) is 6.61 Å². The van der Waals surface area contributed by atoms with E-state index in [1.165, 1.54) is 23.2 Å². The summed E-state index contributed by atoms with van der Waals surface area (Å²) >= 11 is 0. The lowest BCUT2D eigenvalue weighted by Crippen LogP contribution is -2.15. The summed E-state index contributed by atoms with van der Waals surface area (Å²) in [5.41, 5.74) is 3.96. The number of hydrogen-bond acceptors (Lipinski definition) is 3. The second kappa shape index (κ2) is 6.01. The average Bonchev–Trinajstić information content (AvgIpc) is 2.35. The summed E-state index contributed by atoms with van der Waals surface area (Å²) in [5, 5.41) is 12.1. The number of aryl methyl sites for hydroxylation is 2. The molecule has 1 aromatic rings. The van der Waals surface area contributed by atoms with Crippen LogP contribution in [0.1, 0.15) is 42.5 Å². The third kappa shape index (κ3) is 3.19. The summed E-state index contributed by atoms with van der Waals surface area (Å²) in [6.07, 6.45) is 6.50. The molecule has 17 heavy (non-hydrogen) atoms. The van der Waals surface area contributed by atoms with Crippen molar-refractivity contribution in [2.24, 2.45) is 0 Å². The molecule has 94 valence electrons. The summed E-state index contributed by atoms with van der Waals surface area (Å²) < 4.78 is 0. The van der Waals surface area contributed by atoms with Crippen LogP contribution in [0.4, 0.5) is 5.82 Å². The van der Waals surface area contributed by atoms with E-state index >= 15 is 0 Å². The maximum Gasteiger partial charge on any atom is 0.129 e. The lowest BCUT2D eigenvalue weighted by atomic mass is 10.00. The van der Waals surface area contributed by atoms with Gasteiger partial charge in [-0.2, -0.15) is 0 Å². The van der Waals surface area contributed by atoms with E-state index in [-0.39, 0.29) is 0 Å². The molecule has 1 aliphatic rings. The van der Waals surface area contributed by atoms with Crippen LogP contribution in [0.3, 0.4) is 0 Å². The molecule has 0 fully saturated rings. The van der Waals surface area contributed by atoms with Gasteiger partial charge in [0.05, 0.1) is 0 Å². The number of unbranched alkanes of at least 4 members (excludes halogenated alkanes) is 2. The molecule has 0 amide bonds. The van der Waals surface area contributed by atoms with Crippen molar-refractivity contribution in [1.82, 2.24) is 4.98 Å². The van der Waals surface area contributed by atoms with Crippen molar-refractivity contribution in [3.63, 3.8) is 0 Å². The Morgan fingerprint density at radius 2 is 2.24 bits per heavy atom. The Kier molecular flexibility index (Phi) is 4.37. The van der Waals surface area contributed by atoms with Gasteiger partial charge < -0.3 is 10.4 Å². The number of nitrogens with one attached hydrogen (secondary N) is 1. The Hall–Kier alpha value is -1.09. The SMILES string of the molecule is Cc1cc(CCCCCO)nc2c1CCCN2. The third-order valence-corrected chi connectivity index (χ3v) is 3.39. The van der Waals surface area contributed by atoms with Gasteiger partial charge in [0.1, 0.15) is 5.82 Å². The van der Waals surface area contributed by atoms with Crippen molar-refractivity contribution < 1.29 is 5.11 Å². The van der Waals surface area contributed by atoms with Crippen LogP contribution in [0.5, 0.6) is 0 Å². The molecule has 0 aliphatic carbocycles. The van der Waals surface area contributed by atoms with Crippen molar-refractivity contribution in [2.45, 2.75) is 45.4 Å². The Balaban J connectivity index is 2.01. The molecular formula is C14H22N2O. The molecule has 2 rings (SSSR count). The molecule has 2 heterocycles. The van der Waals surface area contributed by atoms with Crippen molar-refractivity contribution in [3.05, 3.63) is 22.9 Å². The Morgan fingerprint density at radius 1 is 1.35 bits per heavy atom. The molecule has 0 spiro atoms. The molecule has 0 bridgehead atoms. The first-order chi connectivity index (χ1) is 8.31. The zero-order valence-electron chi connectivity index (χ0n) is 10.6. The smallest absolute Gasteiger partial charge is 0.129 e. The average molecular weight is 234 g/mol. The topological polar surface area (TPSA) is 45.2 Å². The van der Waals surface area contributed by atoms with E-state index in [2.05, 4.69) is 18.3 Å². The lowest BCUT2D eigenvalue weighted by molar-refractivity contribution is 0.283. The van der Waals surface area contributed by atoms with Gasteiger partial charge in [-0.25, -0.2) is 4.98 Å². The predicted octanol–water partition coefficient (Wildman–Crippen LogP) is 2.45. The zero-order chi connectivity index (χ0) is 12.1. The third-order valence-electron chi connectivity index (χ3n) is 3.39. The molecule has 1 aliphatic heterocycles. The molecule has 2 N–H and O–H groups in total. The summed E-state index contributed by atoms with van der Waals surface area (Å²) in [7, 11) is 0. The van der Waals surface area contributed by atoms with Crippen LogP contribution in [0.15, 0.2) is 6.07 Å². The molecule has 3 heteroatoms. The van der Waals surface area contributed by atoms with Gasteiger partial charge >= 0.3 is 0 Å². The van der Waals surface area contributed by atoms with Crippen molar-refractivity contribution in [3.8, 4) is 0 Å². The van der Waals surface area contributed by atoms with E-state index in [0.717, 1.165) is 44.5 Å². The minimum Gasteiger partial charge on any atom is -0.396 e. The van der Waals surface area contributed by atoms with Gasteiger partial charge in [0.15, 0.2) is 0 Å². The maximum absolute atomic E-state index is 8.74. The lowest BCUT2D eigenvalue weighted by Gasteiger charge is -2.20. The molecular weight excluding hydrogens is 212 g/mol. The molecule has 0 saturated heterocycles. The van der Waals surface area contributed by atoms with Gasteiger partial charge in [0.2, 0.25) is 0 Å². The van der Waals surface area contributed by atoms with Gasteiger partial charge in [-0.05, 0) is 56.2 Å². The number of nitrogens with zero attached hydrogens (tertiary/aromatic N) is 1. The van der Waals surface area contributed by atoms with Crippen LogP contribution < -0.4 is 5.32 Å². The minimum absolute atomic E-state index is 0.304. The molecule has 3 nitrogen and oxygen atoms in total. The highest BCUT2D eigenvalue weighted by atomic mass is 16.2. The van der Waals surface area contributed by atoms with Crippen molar-refractivity contribution >= 4 is 5.82 Å². The molecule has 0 aromatic carbocycles. The number of anilines is 1. The number of fused-ring (bicyclic) bond motifs is 1. The van der Waals surface area contributed by atoms with E-state index in [1.807, 2.05) is 0 Å². The summed E-state index contributed by atoms with van der Waals surface area (Å²) in [4.78, 5) is 4.70. The first-order valence-corrected chi connectivity index (χ1v) is 6.65. The number of rotatable bonds is 5. The fourth-order valence-electron chi connectivity index (χ4n) is 2.42. The maximum atomic E-state index is 8.74. The van der Waals surface area contributed by atoms with Crippen LogP contribution in [0.2, 0.25) is 0 Å². The van der Waals surface area contributed by atoms with E-state index in [9.17, 15) is 0 Å². The standard InChI is InChI=1S/C14H22N2O/c1-11-10-12(6-3-2-4-9-17)16-14-13(11)7-5-8-15-14/h10,17H,2-9H2,1H3,(H,15,16). The second-order valence-electron chi connectivity index (χ2n) is 4.82. The zero-order valence-corrected chi connectivity index (χ0v) is 10.6. The van der Waals surface area contributed by atoms with Crippen LogP contribution in [0.25, 0.3) is 0 Å². The summed E-state index contributed by atoms with van der Waals surface area (Å²) in [6, 6.07) is 2.23.